The van der Waals surface area contributed by atoms with Crippen LogP contribution < -0.4 is 37.9 Å². The predicted molar refractivity (Wildman–Crippen MR) is 448 cm³/mol. The maximum absolute atomic E-state index is 13.5. The number of allylic oxidation sites excluding steroid dienone is 1. The highest BCUT2D eigenvalue weighted by atomic mass is 32.2. The Morgan fingerprint density at radius 1 is 0.357 bits per heavy atom. The molecule has 0 amide bonds. The first-order valence-electron chi connectivity index (χ1n) is 37.3. The number of carbonyl (C=O) groups is 4. The van der Waals surface area contributed by atoms with Crippen molar-refractivity contribution in [2.45, 2.75) is 159 Å². The van der Waals surface area contributed by atoms with Crippen LogP contribution in [-0.4, -0.2) is 96.8 Å². The van der Waals surface area contributed by atoms with E-state index in [1.165, 1.54) is 39.9 Å². The molecule has 15 rings (SSSR count). The van der Waals surface area contributed by atoms with Crippen LogP contribution >= 0.6 is 58.8 Å². The minimum absolute atomic E-state index is 0.0141. The van der Waals surface area contributed by atoms with Crippen LogP contribution in [0.2, 0.25) is 0 Å². The summed E-state index contributed by atoms with van der Waals surface area (Å²) in [6.07, 6.45) is 5.04. The van der Waals surface area contributed by atoms with Crippen molar-refractivity contribution < 1.29 is 72.0 Å². The minimum Gasteiger partial charge on any atom is -0.504 e. The molecular formula is C92H94O15S5. The number of phenolic OH excluding ortho intramolecular Hbond substituents is 2. The average molecular weight is 1600 g/mol. The van der Waals surface area contributed by atoms with Crippen LogP contribution in [0.1, 0.15) is 168 Å². The van der Waals surface area contributed by atoms with Gasteiger partial charge in [-0.15, -0.1) is 0 Å². The number of benzene rings is 10. The lowest BCUT2D eigenvalue weighted by Crippen LogP contribution is -2.34. The molecule has 0 saturated heterocycles. The maximum Gasteiger partial charge on any atom is 0.174 e. The molecule has 1 unspecified atom stereocenters. The van der Waals surface area contributed by atoms with Crippen LogP contribution in [0.15, 0.2) is 231 Å². The monoisotopic (exact) mass is 1600 g/mol. The van der Waals surface area contributed by atoms with E-state index in [-0.39, 0.29) is 40.5 Å². The summed E-state index contributed by atoms with van der Waals surface area (Å²) in [4.78, 5) is 62.4. The molecule has 15 nitrogen and oxygen atoms in total. The molecule has 582 valence electrons. The highest BCUT2D eigenvalue weighted by molar-refractivity contribution is 8.00. The van der Waals surface area contributed by atoms with Crippen molar-refractivity contribution in [3.63, 3.8) is 0 Å². The van der Waals surface area contributed by atoms with Crippen molar-refractivity contribution in [2.75, 3.05) is 63.5 Å². The van der Waals surface area contributed by atoms with Gasteiger partial charge in [0.15, 0.2) is 80.6 Å². The first-order chi connectivity index (χ1) is 54.3. The van der Waals surface area contributed by atoms with Gasteiger partial charge < -0.3 is 52.8 Å². The summed E-state index contributed by atoms with van der Waals surface area (Å²) >= 11 is 8.07. The molecule has 5 aliphatic heterocycles. The number of hydrogen-bond donors (Lipinski definition) is 2. The topological polar surface area (TPSA) is 192 Å². The highest BCUT2D eigenvalue weighted by Crippen LogP contribution is 2.54. The van der Waals surface area contributed by atoms with Crippen molar-refractivity contribution in [3.8, 4) is 57.5 Å². The summed E-state index contributed by atoms with van der Waals surface area (Å²) in [5.74, 6) is 5.99. The molecule has 0 bridgehead atoms. The van der Waals surface area contributed by atoms with E-state index in [2.05, 4.69) is 76.2 Å². The van der Waals surface area contributed by atoms with Crippen molar-refractivity contribution >= 4 is 93.3 Å². The first kappa shape index (κ1) is 83.1. The third kappa shape index (κ3) is 16.5. The highest BCUT2D eigenvalue weighted by Gasteiger charge is 2.44. The molecule has 10 aromatic rings. The zero-order valence-electron chi connectivity index (χ0n) is 65.8. The van der Waals surface area contributed by atoms with Gasteiger partial charge in [-0.2, -0.15) is 0 Å². The van der Waals surface area contributed by atoms with Crippen LogP contribution in [0.25, 0.3) is 11.3 Å². The number of rotatable bonds is 16. The lowest BCUT2D eigenvalue weighted by Gasteiger charge is -2.30. The van der Waals surface area contributed by atoms with E-state index in [9.17, 15) is 29.4 Å². The Morgan fingerprint density at radius 3 is 1.21 bits per heavy atom. The second-order valence-corrected chi connectivity index (χ2v) is 32.0. The summed E-state index contributed by atoms with van der Waals surface area (Å²) in [6.45, 7) is 15.1. The third-order valence-corrected chi connectivity index (χ3v) is 26.7. The Balaban J connectivity index is 0.000000139. The predicted octanol–water partition coefficient (Wildman–Crippen LogP) is 23.2. The van der Waals surface area contributed by atoms with Crippen LogP contribution in [0.3, 0.4) is 0 Å². The van der Waals surface area contributed by atoms with Crippen LogP contribution in [-0.2, 0) is 22.0 Å². The molecule has 0 aliphatic carbocycles. The Bertz CT molecular complexity index is 5190. The quantitative estimate of drug-likeness (QED) is 0.0867. The average Bonchev–Trinajstić information content (AvgIpc) is 1.57. The number of aromatic hydroxyl groups is 2. The van der Waals surface area contributed by atoms with Crippen molar-refractivity contribution in [2.24, 2.45) is 0 Å². The van der Waals surface area contributed by atoms with Gasteiger partial charge in [0.1, 0.15) is 5.76 Å². The molecule has 1 atom stereocenters. The van der Waals surface area contributed by atoms with Gasteiger partial charge in [0.05, 0.1) is 74.3 Å². The fourth-order valence-corrected chi connectivity index (χ4v) is 20.6. The fourth-order valence-electron chi connectivity index (χ4n) is 14.9. The number of methoxy groups -OCH3 is 8. The van der Waals surface area contributed by atoms with Gasteiger partial charge in [-0.3, -0.25) is 19.2 Å². The molecule has 2 N–H and O–H groups in total. The van der Waals surface area contributed by atoms with Crippen LogP contribution in [0.4, 0.5) is 0 Å². The Hall–Kier alpha value is -9.83. The van der Waals surface area contributed by atoms with Gasteiger partial charge in [0.2, 0.25) is 0 Å². The summed E-state index contributed by atoms with van der Waals surface area (Å²) in [5.41, 5.74) is 9.40. The maximum atomic E-state index is 13.5. The zero-order chi connectivity index (χ0) is 80.1. The second kappa shape index (κ2) is 37.2. The summed E-state index contributed by atoms with van der Waals surface area (Å²) < 4.78 is 49.2. The molecular weight excluding hydrogens is 1510 g/mol. The van der Waals surface area contributed by atoms with Gasteiger partial charge in [0, 0.05) is 94.7 Å². The van der Waals surface area contributed by atoms with Gasteiger partial charge in [-0.05, 0) is 164 Å². The molecule has 0 radical (unpaired) electrons. The fraction of sp³-hybridized carbons (Fsp3) is 0.283. The van der Waals surface area contributed by atoms with Crippen LogP contribution in [0.5, 0.6) is 57.5 Å². The lowest BCUT2D eigenvalue weighted by molar-refractivity contribution is 0.0861. The van der Waals surface area contributed by atoms with Gasteiger partial charge in [-0.1, -0.05) is 191 Å². The SMILES string of the molecule is CCC1(CC)C(=O)c2cc(O)c(O)cc2Sc2ccccc21.CCC1(CC)C(=O)c2cc(OC)c(OC)cc2Sc2ccccc21.CCC1C(=O)c2cc(OC)c(OC)cc2Sc2ccccc21.CCOC1=C(CC)c2ccccc2Sc2cc(OC)c(OC)cc21.COc1cc2c(cc1OC)C(=O)Cc1ccccc1S2. The normalized spacial score (nSPS) is 14.8. The molecule has 5 heterocycles. The third-order valence-electron chi connectivity index (χ3n) is 21.0. The standard InChI is InChI=1S/2C20H22O3S.2C18H18O3S.C16H14O3S/c1-5-20(6-2)14-9-7-8-10-17(14)24-18-12-16(23-4)15(22-3)11-13(18)19(20)21;1-5-13-14-9-7-8-10-18(14)24-19-12-17(22-4)16(21-3)11-15(19)20(13)23-6-2;1-4-11-12-7-5-6-8-16(12)22-17-10-15(21-3)14(20-2)9-13(17)18(11)19;1-3-18(4-2)12-7-5-6-8-15(12)22-16-10-14(20)13(19)9-11(16)17(18)21;1-18-13-8-11-12(17)7-10-5-3-4-6-15(10)20-16(11)9-14(13)19-2/h2*7-12H,5-6H2,1-4H3;5-11H,4H2,1-3H3;5-10,19-20H,3-4H2,1-2H3;3-6,8-9H,7H2,1-2H3. The minimum atomic E-state index is -0.585. The van der Waals surface area contributed by atoms with Crippen molar-refractivity contribution in [1.29, 1.82) is 0 Å². The number of ether oxygens (including phenoxy) is 9. The number of Topliss-reactive ketones (excluding diaryl/α,β-unsaturated/α-hetero) is 4. The smallest absolute Gasteiger partial charge is 0.174 e. The number of hydrogen-bond acceptors (Lipinski definition) is 20. The molecule has 5 aliphatic rings. The summed E-state index contributed by atoms with van der Waals surface area (Å²) in [6, 6.07) is 58.8. The number of fused-ring (bicyclic) bond motifs is 10. The van der Waals surface area contributed by atoms with Crippen molar-refractivity contribution in [1.82, 2.24) is 0 Å². The number of carbonyl (C=O) groups excluding carboxylic acids is 4. The molecule has 0 saturated carbocycles. The van der Waals surface area contributed by atoms with E-state index in [0.717, 1.165) is 115 Å². The van der Waals surface area contributed by atoms with Crippen molar-refractivity contribution in [3.05, 3.63) is 238 Å². The van der Waals surface area contributed by atoms with Gasteiger partial charge >= 0.3 is 0 Å². The van der Waals surface area contributed by atoms with E-state index in [4.69, 9.17) is 42.6 Å². The number of phenols is 2. The summed E-state index contributed by atoms with van der Waals surface area (Å²) in [7, 11) is 12.9. The summed E-state index contributed by atoms with van der Waals surface area (Å²) in [5, 5.41) is 19.6. The van der Waals surface area contributed by atoms with E-state index in [1.807, 2.05) is 130 Å². The van der Waals surface area contributed by atoms with E-state index in [1.54, 1.807) is 116 Å². The molecule has 112 heavy (non-hydrogen) atoms. The Labute approximate surface area is 678 Å². The van der Waals surface area contributed by atoms with Gasteiger partial charge in [-0.25, -0.2) is 0 Å². The van der Waals surface area contributed by atoms with Gasteiger partial charge in [0.25, 0.3) is 0 Å². The second-order valence-electron chi connectivity index (χ2n) is 26.6. The molecule has 0 aromatic heterocycles. The number of ketones is 4. The molecule has 0 spiro atoms. The lowest BCUT2D eigenvalue weighted by atomic mass is 9.70. The molecule has 0 fully saturated rings. The zero-order valence-corrected chi connectivity index (χ0v) is 69.9. The van der Waals surface area contributed by atoms with E-state index >= 15 is 0 Å². The Morgan fingerprint density at radius 2 is 0.714 bits per heavy atom. The molecule has 10 aromatic carbocycles. The van der Waals surface area contributed by atoms with E-state index in [0.29, 0.717) is 82.0 Å². The largest absolute Gasteiger partial charge is 0.504 e. The first-order valence-corrected chi connectivity index (χ1v) is 41.3. The Kier molecular flexibility index (Phi) is 27.6. The van der Waals surface area contributed by atoms with E-state index < -0.39 is 10.8 Å². The molecule has 20 heteroatoms. The van der Waals surface area contributed by atoms with Crippen LogP contribution in [0, 0.1) is 0 Å².